The molecule has 1 amide bonds. The summed E-state index contributed by atoms with van der Waals surface area (Å²) in [6.07, 6.45) is 4.81. The molecule has 1 atom stereocenters. The zero-order chi connectivity index (χ0) is 11.3. The lowest BCUT2D eigenvalue weighted by molar-refractivity contribution is 0.0518. The van der Waals surface area contributed by atoms with Gasteiger partial charge in [-0.25, -0.2) is 9.97 Å². The van der Waals surface area contributed by atoms with E-state index in [0.717, 1.165) is 0 Å². The standard InChI is InChI=1S/C10H15N3O2/c1-3-10(2,15)6-13-9(14)8-4-11-7-12-5-8/h4-5,7,15H,3,6H2,1-2H3,(H,13,14). The number of rotatable bonds is 4. The Kier molecular flexibility index (Phi) is 3.74. The molecule has 0 aliphatic rings. The van der Waals surface area contributed by atoms with E-state index in [1.165, 1.54) is 18.7 Å². The summed E-state index contributed by atoms with van der Waals surface area (Å²) in [5.41, 5.74) is -0.477. The van der Waals surface area contributed by atoms with E-state index in [0.29, 0.717) is 12.0 Å². The Hall–Kier alpha value is -1.49. The van der Waals surface area contributed by atoms with Crippen molar-refractivity contribution in [2.24, 2.45) is 0 Å². The second-order valence-electron chi connectivity index (χ2n) is 3.66. The van der Waals surface area contributed by atoms with E-state index in [9.17, 15) is 9.90 Å². The molecule has 0 spiro atoms. The molecular weight excluding hydrogens is 194 g/mol. The summed E-state index contributed by atoms with van der Waals surface area (Å²) in [5, 5.41) is 12.3. The summed E-state index contributed by atoms with van der Waals surface area (Å²) in [7, 11) is 0. The molecule has 5 heteroatoms. The predicted octanol–water partition coefficient (Wildman–Crippen LogP) is 0.367. The molecule has 1 unspecified atom stereocenters. The largest absolute Gasteiger partial charge is 0.388 e. The van der Waals surface area contributed by atoms with Gasteiger partial charge in [-0.1, -0.05) is 6.92 Å². The van der Waals surface area contributed by atoms with Crippen molar-refractivity contribution in [2.75, 3.05) is 6.54 Å². The summed E-state index contributed by atoms with van der Waals surface area (Å²) in [6.45, 7) is 3.75. The first-order valence-corrected chi connectivity index (χ1v) is 4.81. The Labute approximate surface area is 88.6 Å². The first-order chi connectivity index (χ1) is 7.05. The molecule has 15 heavy (non-hydrogen) atoms. The van der Waals surface area contributed by atoms with Gasteiger partial charge in [0, 0.05) is 18.9 Å². The van der Waals surface area contributed by atoms with Crippen LogP contribution in [-0.2, 0) is 0 Å². The fraction of sp³-hybridized carbons (Fsp3) is 0.500. The molecule has 1 heterocycles. The van der Waals surface area contributed by atoms with Crippen LogP contribution in [0.2, 0.25) is 0 Å². The number of hydrogen-bond acceptors (Lipinski definition) is 4. The highest BCUT2D eigenvalue weighted by atomic mass is 16.3. The quantitative estimate of drug-likeness (QED) is 0.751. The minimum Gasteiger partial charge on any atom is -0.388 e. The third-order valence-electron chi connectivity index (χ3n) is 2.21. The smallest absolute Gasteiger partial charge is 0.254 e. The maximum Gasteiger partial charge on any atom is 0.254 e. The average Bonchev–Trinajstić information content (AvgIpc) is 2.27. The molecule has 0 saturated heterocycles. The van der Waals surface area contributed by atoms with E-state index in [-0.39, 0.29) is 12.5 Å². The number of nitrogens with one attached hydrogen (secondary N) is 1. The van der Waals surface area contributed by atoms with Crippen molar-refractivity contribution in [1.29, 1.82) is 0 Å². The zero-order valence-electron chi connectivity index (χ0n) is 8.90. The van der Waals surface area contributed by atoms with Crippen LogP contribution in [0.4, 0.5) is 0 Å². The summed E-state index contributed by atoms with van der Waals surface area (Å²) in [4.78, 5) is 19.0. The lowest BCUT2D eigenvalue weighted by Gasteiger charge is -2.21. The van der Waals surface area contributed by atoms with Crippen LogP contribution in [-0.4, -0.2) is 33.1 Å². The van der Waals surface area contributed by atoms with Gasteiger partial charge < -0.3 is 10.4 Å². The van der Waals surface area contributed by atoms with Crippen molar-refractivity contribution < 1.29 is 9.90 Å². The Bertz CT molecular complexity index is 325. The highest BCUT2D eigenvalue weighted by Crippen LogP contribution is 2.06. The van der Waals surface area contributed by atoms with Crippen LogP contribution in [0.5, 0.6) is 0 Å². The maximum atomic E-state index is 11.5. The molecule has 82 valence electrons. The maximum absolute atomic E-state index is 11.5. The number of nitrogens with zero attached hydrogens (tertiary/aromatic N) is 2. The third-order valence-corrected chi connectivity index (χ3v) is 2.21. The Morgan fingerprint density at radius 2 is 2.13 bits per heavy atom. The fourth-order valence-electron chi connectivity index (χ4n) is 0.914. The van der Waals surface area contributed by atoms with Crippen LogP contribution < -0.4 is 5.32 Å². The van der Waals surface area contributed by atoms with E-state index >= 15 is 0 Å². The molecule has 0 radical (unpaired) electrons. The van der Waals surface area contributed by atoms with Gasteiger partial charge in [-0.2, -0.15) is 0 Å². The van der Waals surface area contributed by atoms with Crippen LogP contribution in [0, 0.1) is 0 Å². The second kappa shape index (κ2) is 4.84. The molecule has 1 aromatic heterocycles. The highest BCUT2D eigenvalue weighted by molar-refractivity contribution is 5.93. The van der Waals surface area contributed by atoms with Gasteiger partial charge in [0.15, 0.2) is 0 Å². The van der Waals surface area contributed by atoms with Crippen LogP contribution in [0.15, 0.2) is 18.7 Å². The number of aliphatic hydroxyl groups is 1. The molecule has 1 aromatic rings. The van der Waals surface area contributed by atoms with E-state index in [4.69, 9.17) is 0 Å². The zero-order valence-corrected chi connectivity index (χ0v) is 8.90. The van der Waals surface area contributed by atoms with Gasteiger partial charge in [0.2, 0.25) is 0 Å². The molecule has 5 nitrogen and oxygen atoms in total. The van der Waals surface area contributed by atoms with E-state index in [1.54, 1.807) is 6.92 Å². The first-order valence-electron chi connectivity index (χ1n) is 4.81. The first kappa shape index (κ1) is 11.6. The topological polar surface area (TPSA) is 75.1 Å². The lowest BCUT2D eigenvalue weighted by Crippen LogP contribution is -2.40. The second-order valence-corrected chi connectivity index (χ2v) is 3.66. The molecule has 0 aliphatic carbocycles. The van der Waals surface area contributed by atoms with Crippen molar-refractivity contribution in [3.8, 4) is 0 Å². The van der Waals surface area contributed by atoms with Gasteiger partial charge in [-0.15, -0.1) is 0 Å². The Morgan fingerprint density at radius 3 is 2.67 bits per heavy atom. The third kappa shape index (κ3) is 3.63. The highest BCUT2D eigenvalue weighted by Gasteiger charge is 2.18. The van der Waals surface area contributed by atoms with Crippen molar-refractivity contribution in [2.45, 2.75) is 25.9 Å². The fourth-order valence-corrected chi connectivity index (χ4v) is 0.914. The van der Waals surface area contributed by atoms with Crippen molar-refractivity contribution in [1.82, 2.24) is 15.3 Å². The van der Waals surface area contributed by atoms with Crippen molar-refractivity contribution in [3.63, 3.8) is 0 Å². The van der Waals surface area contributed by atoms with Gasteiger partial charge in [0.05, 0.1) is 11.2 Å². The number of aromatic nitrogens is 2. The number of carbonyl (C=O) groups excluding carboxylic acids is 1. The lowest BCUT2D eigenvalue weighted by atomic mass is 10.0. The van der Waals surface area contributed by atoms with Gasteiger partial charge in [-0.3, -0.25) is 4.79 Å². The van der Waals surface area contributed by atoms with Crippen LogP contribution >= 0.6 is 0 Å². The van der Waals surface area contributed by atoms with Crippen LogP contribution in [0.3, 0.4) is 0 Å². The van der Waals surface area contributed by atoms with Gasteiger partial charge >= 0.3 is 0 Å². The number of carbonyl (C=O) groups is 1. The molecule has 0 saturated carbocycles. The number of hydrogen-bond donors (Lipinski definition) is 2. The summed E-state index contributed by atoms with van der Waals surface area (Å²) in [5.74, 6) is -0.274. The molecular formula is C10H15N3O2. The van der Waals surface area contributed by atoms with Gasteiger partial charge in [0.1, 0.15) is 6.33 Å². The van der Waals surface area contributed by atoms with Crippen LogP contribution in [0.1, 0.15) is 30.6 Å². The summed E-state index contributed by atoms with van der Waals surface area (Å²) in [6, 6.07) is 0. The molecule has 0 aromatic carbocycles. The van der Waals surface area contributed by atoms with E-state index in [1.807, 2.05) is 6.92 Å². The van der Waals surface area contributed by atoms with Crippen molar-refractivity contribution in [3.05, 3.63) is 24.3 Å². The minimum absolute atomic E-state index is 0.219. The van der Waals surface area contributed by atoms with E-state index in [2.05, 4.69) is 15.3 Å². The Balaban J connectivity index is 2.51. The van der Waals surface area contributed by atoms with Crippen molar-refractivity contribution >= 4 is 5.91 Å². The summed E-state index contributed by atoms with van der Waals surface area (Å²) >= 11 is 0. The molecule has 0 fully saturated rings. The molecule has 2 N–H and O–H groups in total. The SMILES string of the molecule is CCC(C)(O)CNC(=O)c1cncnc1. The average molecular weight is 209 g/mol. The predicted molar refractivity (Wildman–Crippen MR) is 55.3 cm³/mol. The normalized spacial score (nSPS) is 14.3. The molecule has 0 aliphatic heterocycles. The summed E-state index contributed by atoms with van der Waals surface area (Å²) < 4.78 is 0. The Morgan fingerprint density at radius 1 is 1.53 bits per heavy atom. The molecule has 0 bridgehead atoms. The number of amides is 1. The minimum atomic E-state index is -0.870. The van der Waals surface area contributed by atoms with Gasteiger partial charge in [0.25, 0.3) is 5.91 Å². The van der Waals surface area contributed by atoms with E-state index < -0.39 is 5.60 Å². The monoisotopic (exact) mass is 209 g/mol. The molecule has 1 rings (SSSR count). The van der Waals surface area contributed by atoms with Crippen LogP contribution in [0.25, 0.3) is 0 Å². The van der Waals surface area contributed by atoms with Gasteiger partial charge in [-0.05, 0) is 13.3 Å².